The summed E-state index contributed by atoms with van der Waals surface area (Å²) in [6.45, 7) is 11.0. The Labute approximate surface area is 99.3 Å². The quantitative estimate of drug-likeness (QED) is 0.665. The van der Waals surface area contributed by atoms with Crippen molar-refractivity contribution in [3.8, 4) is 0 Å². The minimum absolute atomic E-state index is 0.716. The van der Waals surface area contributed by atoms with Crippen LogP contribution in [0.2, 0.25) is 6.55 Å². The van der Waals surface area contributed by atoms with Crippen LogP contribution in [0.5, 0.6) is 0 Å². The van der Waals surface area contributed by atoms with E-state index in [1.807, 2.05) is 13.8 Å². The molecular weight excluding hydrogens is 224 g/mol. The summed E-state index contributed by atoms with van der Waals surface area (Å²) in [6, 6.07) is 0. The summed E-state index contributed by atoms with van der Waals surface area (Å²) in [5, 5.41) is 2.19. The Hall–Kier alpha value is 0.0169. The molecule has 1 rings (SSSR count). The van der Waals surface area contributed by atoms with Crippen LogP contribution in [0.3, 0.4) is 0 Å². The third-order valence-corrected chi connectivity index (χ3v) is 5.13. The molecule has 0 bridgehead atoms. The van der Waals surface area contributed by atoms with Crippen LogP contribution in [0.25, 0.3) is 0 Å². The van der Waals surface area contributed by atoms with E-state index >= 15 is 0 Å². The standard InChI is InChI=1S/C10H24N2O3Si/c1-4-14-16(3,15-5-2)10-11-12-6-8-13-9-7-12/h11H,4-10H2,1-3H3. The van der Waals surface area contributed by atoms with Gasteiger partial charge in [0, 0.05) is 26.3 Å². The van der Waals surface area contributed by atoms with E-state index in [0.29, 0.717) is 13.2 Å². The van der Waals surface area contributed by atoms with Crippen molar-refractivity contribution in [1.82, 2.24) is 10.4 Å². The second-order valence-electron chi connectivity index (χ2n) is 3.93. The molecule has 6 heteroatoms. The number of nitrogens with one attached hydrogen (secondary N) is 1. The highest BCUT2D eigenvalue weighted by Crippen LogP contribution is 2.06. The zero-order chi connectivity index (χ0) is 11.9. The maximum absolute atomic E-state index is 5.76. The Kier molecular flexibility index (Phi) is 6.48. The molecule has 1 saturated heterocycles. The largest absolute Gasteiger partial charge is 0.394 e. The molecule has 16 heavy (non-hydrogen) atoms. The average Bonchev–Trinajstić information content (AvgIpc) is 2.29. The van der Waals surface area contributed by atoms with Crippen molar-refractivity contribution in [3.05, 3.63) is 0 Å². The molecule has 0 spiro atoms. The molecule has 1 aliphatic heterocycles. The van der Waals surface area contributed by atoms with Gasteiger partial charge in [-0.3, -0.25) is 5.43 Å². The molecule has 1 heterocycles. The lowest BCUT2D eigenvalue weighted by Gasteiger charge is -2.32. The Morgan fingerprint density at radius 1 is 1.19 bits per heavy atom. The van der Waals surface area contributed by atoms with Crippen LogP contribution in [0.1, 0.15) is 13.8 Å². The van der Waals surface area contributed by atoms with Gasteiger partial charge in [-0.15, -0.1) is 0 Å². The predicted octanol–water partition coefficient (Wildman–Crippen LogP) is 0.507. The molecule has 0 saturated carbocycles. The highest BCUT2D eigenvalue weighted by atomic mass is 28.4. The summed E-state index contributed by atoms with van der Waals surface area (Å²) in [5.74, 6) is 0. The maximum Gasteiger partial charge on any atom is 0.350 e. The molecule has 0 aromatic heterocycles. The maximum atomic E-state index is 5.76. The Bertz CT molecular complexity index is 183. The Balaban J connectivity index is 2.30. The van der Waals surface area contributed by atoms with E-state index in [1.165, 1.54) is 0 Å². The highest BCUT2D eigenvalue weighted by Gasteiger charge is 2.31. The number of hydrogen-bond donors (Lipinski definition) is 1. The van der Waals surface area contributed by atoms with Crippen LogP contribution in [-0.2, 0) is 13.6 Å². The SMILES string of the molecule is CCO[Si](C)(CNN1CCOCC1)OCC. The number of nitrogens with zero attached hydrogens (tertiary/aromatic N) is 1. The molecule has 96 valence electrons. The van der Waals surface area contributed by atoms with Gasteiger partial charge in [-0.05, 0) is 20.4 Å². The lowest BCUT2D eigenvalue weighted by Crippen LogP contribution is -2.55. The van der Waals surface area contributed by atoms with Crippen molar-refractivity contribution < 1.29 is 13.6 Å². The first-order chi connectivity index (χ1) is 7.70. The summed E-state index contributed by atoms with van der Waals surface area (Å²) in [5.41, 5.74) is 3.40. The molecule has 1 aliphatic rings. The van der Waals surface area contributed by atoms with Gasteiger partial charge < -0.3 is 13.6 Å². The number of rotatable bonds is 7. The molecule has 0 aromatic carbocycles. The average molecular weight is 248 g/mol. The number of hydrazine groups is 1. The summed E-state index contributed by atoms with van der Waals surface area (Å²) in [7, 11) is -2.03. The van der Waals surface area contributed by atoms with E-state index in [4.69, 9.17) is 13.6 Å². The van der Waals surface area contributed by atoms with Crippen LogP contribution >= 0.6 is 0 Å². The van der Waals surface area contributed by atoms with Crippen molar-refractivity contribution in [2.75, 3.05) is 45.7 Å². The van der Waals surface area contributed by atoms with Gasteiger partial charge in [0.1, 0.15) is 0 Å². The molecule has 0 aromatic rings. The minimum atomic E-state index is -2.03. The fourth-order valence-corrected chi connectivity index (χ4v) is 3.75. The van der Waals surface area contributed by atoms with E-state index < -0.39 is 8.56 Å². The summed E-state index contributed by atoms with van der Waals surface area (Å²) < 4.78 is 16.8. The van der Waals surface area contributed by atoms with Gasteiger partial charge in [0.05, 0.1) is 19.4 Å². The lowest BCUT2D eigenvalue weighted by molar-refractivity contribution is 0.0126. The van der Waals surface area contributed by atoms with Crippen LogP contribution in [0.15, 0.2) is 0 Å². The zero-order valence-corrected chi connectivity index (χ0v) is 11.6. The molecular formula is C10H24N2O3Si. The van der Waals surface area contributed by atoms with Crippen LogP contribution in [0.4, 0.5) is 0 Å². The summed E-state index contributed by atoms with van der Waals surface area (Å²) in [4.78, 5) is 0. The van der Waals surface area contributed by atoms with E-state index in [2.05, 4.69) is 17.0 Å². The summed E-state index contributed by atoms with van der Waals surface area (Å²) in [6.07, 6.45) is 0.800. The fourth-order valence-electron chi connectivity index (χ4n) is 1.73. The molecule has 1 N–H and O–H groups in total. The molecule has 0 radical (unpaired) electrons. The first kappa shape index (κ1) is 14.1. The minimum Gasteiger partial charge on any atom is -0.394 e. The third-order valence-electron chi connectivity index (χ3n) is 2.53. The predicted molar refractivity (Wildman–Crippen MR) is 65.3 cm³/mol. The zero-order valence-electron chi connectivity index (χ0n) is 10.6. The second kappa shape index (κ2) is 7.36. The van der Waals surface area contributed by atoms with E-state index in [1.54, 1.807) is 0 Å². The van der Waals surface area contributed by atoms with Gasteiger partial charge in [-0.25, -0.2) is 5.01 Å². The van der Waals surface area contributed by atoms with Crippen molar-refractivity contribution in [2.45, 2.75) is 20.4 Å². The normalized spacial score (nSPS) is 18.9. The number of ether oxygens (including phenoxy) is 1. The summed E-state index contributed by atoms with van der Waals surface area (Å²) >= 11 is 0. The monoisotopic (exact) mass is 248 g/mol. The van der Waals surface area contributed by atoms with Gasteiger partial charge in [0.15, 0.2) is 0 Å². The van der Waals surface area contributed by atoms with Crippen LogP contribution < -0.4 is 5.43 Å². The van der Waals surface area contributed by atoms with Crippen molar-refractivity contribution >= 4 is 8.56 Å². The van der Waals surface area contributed by atoms with E-state index in [9.17, 15) is 0 Å². The molecule has 0 amide bonds. The molecule has 5 nitrogen and oxygen atoms in total. The second-order valence-corrected chi connectivity index (χ2v) is 7.13. The number of morpholine rings is 1. The van der Waals surface area contributed by atoms with E-state index in [-0.39, 0.29) is 0 Å². The van der Waals surface area contributed by atoms with Crippen LogP contribution in [-0.4, -0.2) is 59.3 Å². The fraction of sp³-hybridized carbons (Fsp3) is 1.00. The van der Waals surface area contributed by atoms with Crippen molar-refractivity contribution in [1.29, 1.82) is 0 Å². The van der Waals surface area contributed by atoms with Crippen LogP contribution in [0, 0.1) is 0 Å². The first-order valence-electron chi connectivity index (χ1n) is 6.04. The van der Waals surface area contributed by atoms with E-state index in [0.717, 1.165) is 32.5 Å². The van der Waals surface area contributed by atoms with Gasteiger partial charge in [0.25, 0.3) is 0 Å². The Morgan fingerprint density at radius 2 is 1.75 bits per heavy atom. The highest BCUT2D eigenvalue weighted by molar-refractivity contribution is 6.66. The smallest absolute Gasteiger partial charge is 0.350 e. The van der Waals surface area contributed by atoms with Gasteiger partial charge >= 0.3 is 8.56 Å². The molecule has 1 fully saturated rings. The Morgan fingerprint density at radius 3 is 2.25 bits per heavy atom. The van der Waals surface area contributed by atoms with Gasteiger partial charge in [0.2, 0.25) is 0 Å². The van der Waals surface area contributed by atoms with Gasteiger partial charge in [-0.1, -0.05) is 0 Å². The first-order valence-corrected chi connectivity index (χ1v) is 8.56. The molecule has 0 aliphatic carbocycles. The van der Waals surface area contributed by atoms with Gasteiger partial charge in [-0.2, -0.15) is 0 Å². The topological polar surface area (TPSA) is 43.0 Å². The molecule has 0 atom stereocenters. The van der Waals surface area contributed by atoms with Crippen molar-refractivity contribution in [2.24, 2.45) is 0 Å². The molecule has 0 unspecified atom stereocenters. The number of hydrogen-bond acceptors (Lipinski definition) is 5. The van der Waals surface area contributed by atoms with Crippen molar-refractivity contribution in [3.63, 3.8) is 0 Å². The lowest BCUT2D eigenvalue weighted by atomic mass is 10.5. The third kappa shape index (κ3) is 4.90.